The van der Waals surface area contributed by atoms with Crippen molar-refractivity contribution in [2.45, 2.75) is 12.8 Å². The first-order valence-corrected chi connectivity index (χ1v) is 5.77. The minimum absolute atomic E-state index is 0.626. The molecule has 0 aromatic heterocycles. The monoisotopic (exact) mass is 240 g/mol. The van der Waals surface area contributed by atoms with Crippen molar-refractivity contribution in [3.63, 3.8) is 0 Å². The van der Waals surface area contributed by atoms with Gasteiger partial charge in [0, 0.05) is 11.1 Å². The quantitative estimate of drug-likeness (QED) is 0.831. The fraction of sp³-hybridized carbons (Fsp3) is 0.133. The molecule has 2 aromatic rings. The van der Waals surface area contributed by atoms with Crippen molar-refractivity contribution in [2.24, 2.45) is 0 Å². The van der Waals surface area contributed by atoms with Gasteiger partial charge in [-0.1, -0.05) is 35.9 Å². The summed E-state index contributed by atoms with van der Waals surface area (Å²) >= 11 is 0. The van der Waals surface area contributed by atoms with Crippen LogP contribution in [-0.2, 0) is 4.79 Å². The van der Waals surface area contributed by atoms with Crippen molar-refractivity contribution in [1.82, 2.24) is 0 Å². The summed E-state index contributed by atoms with van der Waals surface area (Å²) in [6.07, 6.45) is 0. The van der Waals surface area contributed by atoms with Crippen LogP contribution in [0.25, 0.3) is 0 Å². The van der Waals surface area contributed by atoms with Gasteiger partial charge in [-0.15, -0.1) is 0 Å². The molecule has 0 radical (unpaired) electrons. The second-order valence-corrected chi connectivity index (χ2v) is 4.45. The largest absolute Gasteiger partial charge is 0.481 e. The summed E-state index contributed by atoms with van der Waals surface area (Å²) < 4.78 is 5.75. The van der Waals surface area contributed by atoms with Gasteiger partial charge in [-0.3, -0.25) is 4.79 Å². The predicted octanol–water partition coefficient (Wildman–Crippen LogP) is 3.32. The molecule has 3 heteroatoms. The van der Waals surface area contributed by atoms with E-state index in [0.717, 1.165) is 11.1 Å². The van der Waals surface area contributed by atoms with Crippen molar-refractivity contribution in [1.29, 1.82) is 0 Å². The topological polar surface area (TPSA) is 46.5 Å². The summed E-state index contributed by atoms with van der Waals surface area (Å²) in [5.74, 6) is -0.240. The van der Waals surface area contributed by atoms with E-state index < -0.39 is 11.9 Å². The number of aryl methyl sites for hydroxylation is 1. The number of aliphatic carboxylic acids is 1. The van der Waals surface area contributed by atoms with E-state index in [-0.39, 0.29) is 0 Å². The molecule has 0 aliphatic carbocycles. The van der Waals surface area contributed by atoms with E-state index in [0.29, 0.717) is 17.1 Å². The summed E-state index contributed by atoms with van der Waals surface area (Å²) in [7, 11) is 0. The first-order chi connectivity index (χ1) is 8.66. The highest BCUT2D eigenvalue weighted by molar-refractivity contribution is 5.83. The third-order valence-electron chi connectivity index (χ3n) is 3.17. The smallest absolute Gasteiger partial charge is 0.315 e. The third kappa shape index (κ3) is 1.56. The van der Waals surface area contributed by atoms with Gasteiger partial charge in [-0.2, -0.15) is 0 Å². The van der Waals surface area contributed by atoms with Gasteiger partial charge in [0.05, 0.1) is 0 Å². The molecule has 1 N–H and O–H groups in total. The number of hydrogen-bond acceptors (Lipinski definition) is 2. The molecule has 2 aromatic carbocycles. The van der Waals surface area contributed by atoms with Gasteiger partial charge in [-0.05, 0) is 19.1 Å². The molecule has 0 amide bonds. The number of carbonyl (C=O) groups is 1. The molecule has 0 saturated carbocycles. The lowest BCUT2D eigenvalue weighted by atomic mass is 9.87. The minimum atomic E-state index is -0.849. The Morgan fingerprint density at radius 2 is 1.83 bits per heavy atom. The van der Waals surface area contributed by atoms with Crippen LogP contribution in [0.1, 0.15) is 22.6 Å². The van der Waals surface area contributed by atoms with E-state index in [4.69, 9.17) is 4.74 Å². The molecule has 90 valence electrons. The van der Waals surface area contributed by atoms with Gasteiger partial charge in [0.2, 0.25) is 0 Å². The van der Waals surface area contributed by atoms with E-state index in [2.05, 4.69) is 0 Å². The summed E-state index contributed by atoms with van der Waals surface area (Å²) in [5.41, 5.74) is 2.47. The Morgan fingerprint density at radius 3 is 2.61 bits per heavy atom. The van der Waals surface area contributed by atoms with Gasteiger partial charge < -0.3 is 9.84 Å². The molecule has 0 fully saturated rings. The van der Waals surface area contributed by atoms with Crippen LogP contribution in [0.4, 0.5) is 0 Å². The zero-order valence-electron chi connectivity index (χ0n) is 9.88. The molecule has 1 unspecified atom stereocenters. The number of hydrogen-bond donors (Lipinski definition) is 1. The van der Waals surface area contributed by atoms with E-state index >= 15 is 0 Å². The van der Waals surface area contributed by atoms with Gasteiger partial charge in [0.25, 0.3) is 0 Å². The summed E-state index contributed by atoms with van der Waals surface area (Å²) in [5, 5.41) is 9.47. The Bertz CT molecular complexity index is 631. The number of rotatable bonds is 1. The van der Waals surface area contributed by atoms with Crippen LogP contribution in [0.5, 0.6) is 11.5 Å². The van der Waals surface area contributed by atoms with Gasteiger partial charge >= 0.3 is 5.97 Å². The van der Waals surface area contributed by atoms with Crippen molar-refractivity contribution >= 4 is 5.97 Å². The fourth-order valence-corrected chi connectivity index (χ4v) is 2.35. The molecule has 1 atom stereocenters. The van der Waals surface area contributed by atoms with Crippen LogP contribution in [-0.4, -0.2) is 11.1 Å². The van der Waals surface area contributed by atoms with Crippen LogP contribution in [0.2, 0.25) is 0 Å². The lowest BCUT2D eigenvalue weighted by Gasteiger charge is -2.25. The van der Waals surface area contributed by atoms with E-state index in [9.17, 15) is 9.90 Å². The highest BCUT2D eigenvalue weighted by Gasteiger charge is 2.32. The highest BCUT2D eigenvalue weighted by Crippen LogP contribution is 2.44. The maximum absolute atomic E-state index is 11.5. The van der Waals surface area contributed by atoms with Crippen molar-refractivity contribution in [3.05, 3.63) is 59.2 Å². The Hall–Kier alpha value is -2.29. The standard InChI is InChI=1S/C15H12O3/c1-9-6-7-13-11(8-9)14(15(16)17)10-4-2-3-5-12(10)18-13/h2-8,14H,1H3,(H,16,17). The second-order valence-electron chi connectivity index (χ2n) is 4.45. The van der Waals surface area contributed by atoms with Crippen LogP contribution < -0.4 is 4.74 Å². The average molecular weight is 240 g/mol. The first kappa shape index (κ1) is 10.8. The molecule has 1 aliphatic rings. The average Bonchev–Trinajstić information content (AvgIpc) is 2.35. The van der Waals surface area contributed by atoms with Crippen molar-refractivity contribution in [3.8, 4) is 11.5 Å². The number of fused-ring (bicyclic) bond motifs is 2. The molecular formula is C15H12O3. The third-order valence-corrected chi connectivity index (χ3v) is 3.17. The maximum atomic E-state index is 11.5. The van der Waals surface area contributed by atoms with Crippen molar-refractivity contribution < 1.29 is 14.6 Å². The molecular weight excluding hydrogens is 228 g/mol. The molecule has 0 saturated heterocycles. The van der Waals surface area contributed by atoms with Crippen LogP contribution in [0, 0.1) is 6.92 Å². The Morgan fingerprint density at radius 1 is 1.11 bits per heavy atom. The Balaban J connectivity index is 2.24. The number of para-hydroxylation sites is 1. The van der Waals surface area contributed by atoms with E-state index in [1.54, 1.807) is 12.1 Å². The Labute approximate surface area is 105 Å². The van der Waals surface area contributed by atoms with Crippen molar-refractivity contribution in [2.75, 3.05) is 0 Å². The molecule has 1 aliphatic heterocycles. The van der Waals surface area contributed by atoms with Crippen LogP contribution in [0.15, 0.2) is 42.5 Å². The normalized spacial score (nSPS) is 16.4. The van der Waals surface area contributed by atoms with E-state index in [1.807, 2.05) is 37.3 Å². The minimum Gasteiger partial charge on any atom is -0.481 e. The fourth-order valence-electron chi connectivity index (χ4n) is 2.35. The lowest BCUT2D eigenvalue weighted by molar-refractivity contribution is -0.137. The highest BCUT2D eigenvalue weighted by atomic mass is 16.5. The summed E-state index contributed by atoms with van der Waals surface area (Å²) in [4.78, 5) is 11.5. The van der Waals surface area contributed by atoms with E-state index in [1.165, 1.54) is 0 Å². The zero-order valence-corrected chi connectivity index (χ0v) is 9.88. The first-order valence-electron chi connectivity index (χ1n) is 5.77. The number of benzene rings is 2. The number of ether oxygens (including phenoxy) is 1. The summed E-state index contributed by atoms with van der Waals surface area (Å²) in [6.45, 7) is 1.94. The molecule has 0 bridgehead atoms. The molecule has 3 rings (SSSR count). The SMILES string of the molecule is Cc1ccc2c(c1)C(C(=O)O)c1ccccc1O2. The maximum Gasteiger partial charge on any atom is 0.315 e. The number of carboxylic acid groups (broad SMARTS) is 1. The molecule has 18 heavy (non-hydrogen) atoms. The Kier molecular flexibility index (Phi) is 2.33. The van der Waals surface area contributed by atoms with Crippen LogP contribution in [0.3, 0.4) is 0 Å². The molecule has 1 heterocycles. The van der Waals surface area contributed by atoms with Gasteiger partial charge in [0.15, 0.2) is 0 Å². The molecule has 0 spiro atoms. The van der Waals surface area contributed by atoms with Gasteiger partial charge in [-0.25, -0.2) is 0 Å². The summed E-state index contributed by atoms with van der Waals surface area (Å²) in [6, 6.07) is 12.9. The zero-order chi connectivity index (χ0) is 12.7. The number of carboxylic acids is 1. The van der Waals surface area contributed by atoms with Gasteiger partial charge in [0.1, 0.15) is 17.4 Å². The molecule has 3 nitrogen and oxygen atoms in total. The van der Waals surface area contributed by atoms with Crippen LogP contribution >= 0.6 is 0 Å². The predicted molar refractivity (Wildman–Crippen MR) is 67.2 cm³/mol. The lowest BCUT2D eigenvalue weighted by Crippen LogP contribution is -2.18. The second kappa shape index (κ2) is 3.88.